The lowest BCUT2D eigenvalue weighted by Crippen LogP contribution is -2.51. The first-order valence-corrected chi connectivity index (χ1v) is 6.02. The standard InChI is InChI=1S/C11H23N3O5/c1-8(15)9(10(16)17)13-11(18)12-4-6-19-7-5-14(2)3/h8-9,15H,4-7H2,1-3H3,(H,16,17)(H2,12,13,18)/t8-,9+/m1/s1. The SMILES string of the molecule is C[C@@H](O)[C@H](NC(=O)NCCOCCN(C)C)C(=O)O. The Kier molecular flexibility index (Phi) is 8.84. The lowest BCUT2D eigenvalue weighted by atomic mass is 10.2. The van der Waals surface area contributed by atoms with Crippen LogP contribution in [0, 0.1) is 0 Å². The highest BCUT2D eigenvalue weighted by atomic mass is 16.5. The maximum atomic E-state index is 11.3. The molecule has 112 valence electrons. The Bertz CT molecular complexity index is 284. The molecular formula is C11H23N3O5. The Morgan fingerprint density at radius 3 is 2.42 bits per heavy atom. The van der Waals surface area contributed by atoms with E-state index in [2.05, 4.69) is 10.6 Å². The number of hydrogen-bond acceptors (Lipinski definition) is 5. The van der Waals surface area contributed by atoms with E-state index in [-0.39, 0.29) is 6.54 Å². The summed E-state index contributed by atoms with van der Waals surface area (Å²) >= 11 is 0. The molecule has 0 aliphatic heterocycles. The fraction of sp³-hybridized carbons (Fsp3) is 0.818. The van der Waals surface area contributed by atoms with Gasteiger partial charge in [0, 0.05) is 13.1 Å². The molecule has 2 amide bonds. The fourth-order valence-electron chi connectivity index (χ4n) is 1.17. The number of aliphatic hydroxyl groups excluding tert-OH is 1. The van der Waals surface area contributed by atoms with Crippen LogP contribution in [0.1, 0.15) is 6.92 Å². The Labute approximate surface area is 112 Å². The van der Waals surface area contributed by atoms with Gasteiger partial charge in [-0.15, -0.1) is 0 Å². The second-order valence-corrected chi connectivity index (χ2v) is 4.37. The molecule has 0 saturated carbocycles. The van der Waals surface area contributed by atoms with Crippen molar-refractivity contribution in [2.24, 2.45) is 0 Å². The van der Waals surface area contributed by atoms with E-state index in [9.17, 15) is 14.7 Å². The molecule has 4 N–H and O–H groups in total. The number of urea groups is 1. The molecule has 0 aromatic heterocycles. The van der Waals surface area contributed by atoms with Gasteiger partial charge in [0.15, 0.2) is 6.04 Å². The molecule has 0 fully saturated rings. The van der Waals surface area contributed by atoms with Crippen molar-refractivity contribution in [2.45, 2.75) is 19.1 Å². The van der Waals surface area contributed by atoms with Gasteiger partial charge in [-0.3, -0.25) is 0 Å². The number of rotatable bonds is 9. The van der Waals surface area contributed by atoms with Gasteiger partial charge in [-0.1, -0.05) is 0 Å². The maximum Gasteiger partial charge on any atom is 0.328 e. The zero-order valence-corrected chi connectivity index (χ0v) is 11.5. The van der Waals surface area contributed by atoms with Gasteiger partial charge in [-0.2, -0.15) is 0 Å². The summed E-state index contributed by atoms with van der Waals surface area (Å²) in [5.74, 6) is -1.28. The number of aliphatic hydroxyl groups is 1. The summed E-state index contributed by atoms with van der Waals surface area (Å²) in [5, 5.41) is 22.5. The molecule has 0 saturated heterocycles. The third-order valence-electron chi connectivity index (χ3n) is 2.25. The number of ether oxygens (including phenoxy) is 1. The summed E-state index contributed by atoms with van der Waals surface area (Å²) in [4.78, 5) is 24.0. The van der Waals surface area contributed by atoms with Gasteiger partial charge >= 0.3 is 12.0 Å². The molecule has 0 aromatic rings. The molecule has 0 heterocycles. The summed E-state index contributed by atoms with van der Waals surface area (Å²) in [6, 6.07) is -1.97. The predicted octanol–water partition coefficient (Wildman–Crippen LogP) is -1.30. The van der Waals surface area contributed by atoms with Crippen molar-refractivity contribution >= 4 is 12.0 Å². The van der Waals surface area contributed by atoms with Crippen LogP contribution in [-0.2, 0) is 9.53 Å². The van der Waals surface area contributed by atoms with Crippen LogP contribution in [0.3, 0.4) is 0 Å². The smallest absolute Gasteiger partial charge is 0.328 e. The zero-order chi connectivity index (χ0) is 14.8. The van der Waals surface area contributed by atoms with Crippen LogP contribution in [0.2, 0.25) is 0 Å². The summed E-state index contributed by atoms with van der Waals surface area (Å²) in [6.45, 7) is 3.25. The van der Waals surface area contributed by atoms with Crippen LogP contribution in [0.4, 0.5) is 4.79 Å². The van der Waals surface area contributed by atoms with E-state index in [0.717, 1.165) is 6.54 Å². The number of nitrogens with zero attached hydrogens (tertiary/aromatic N) is 1. The number of amides is 2. The van der Waals surface area contributed by atoms with Gasteiger partial charge in [0.1, 0.15) is 0 Å². The topological polar surface area (TPSA) is 111 Å². The molecule has 8 heteroatoms. The molecule has 2 atom stereocenters. The number of carboxylic acids is 1. The highest BCUT2D eigenvalue weighted by Crippen LogP contribution is 1.92. The van der Waals surface area contributed by atoms with Gasteiger partial charge in [-0.05, 0) is 21.0 Å². The molecule has 0 rings (SSSR count). The molecule has 19 heavy (non-hydrogen) atoms. The van der Waals surface area contributed by atoms with Gasteiger partial charge in [0.25, 0.3) is 0 Å². The summed E-state index contributed by atoms with van der Waals surface area (Å²) in [5.41, 5.74) is 0. The van der Waals surface area contributed by atoms with Gasteiger partial charge < -0.3 is 30.5 Å². The monoisotopic (exact) mass is 277 g/mol. The van der Waals surface area contributed by atoms with Gasteiger partial charge in [0.2, 0.25) is 0 Å². The Morgan fingerprint density at radius 1 is 1.32 bits per heavy atom. The van der Waals surface area contributed by atoms with Crippen molar-refractivity contribution in [1.82, 2.24) is 15.5 Å². The number of likely N-dealkylation sites (N-methyl/N-ethyl adjacent to an activating group) is 1. The minimum atomic E-state index is -1.32. The van der Waals surface area contributed by atoms with E-state index in [4.69, 9.17) is 9.84 Å². The third kappa shape index (κ3) is 9.23. The van der Waals surface area contributed by atoms with E-state index in [1.54, 1.807) is 0 Å². The molecule has 0 aromatic carbocycles. The third-order valence-corrected chi connectivity index (χ3v) is 2.25. The first kappa shape index (κ1) is 17.6. The average molecular weight is 277 g/mol. The van der Waals surface area contributed by atoms with Crippen molar-refractivity contribution in [2.75, 3.05) is 40.4 Å². The minimum Gasteiger partial charge on any atom is -0.480 e. The number of carboxylic acid groups (broad SMARTS) is 1. The van der Waals surface area contributed by atoms with Crippen molar-refractivity contribution in [3.8, 4) is 0 Å². The van der Waals surface area contributed by atoms with E-state index < -0.39 is 24.1 Å². The van der Waals surface area contributed by atoms with Crippen LogP contribution in [0.15, 0.2) is 0 Å². The molecule has 0 spiro atoms. The predicted molar refractivity (Wildman–Crippen MR) is 69.0 cm³/mol. The molecule has 0 radical (unpaired) electrons. The quantitative estimate of drug-likeness (QED) is 0.390. The van der Waals surface area contributed by atoms with E-state index in [0.29, 0.717) is 13.2 Å². The van der Waals surface area contributed by atoms with Crippen LogP contribution in [0.5, 0.6) is 0 Å². The lowest BCUT2D eigenvalue weighted by molar-refractivity contribution is -0.141. The number of aliphatic carboxylic acids is 1. The average Bonchev–Trinajstić information content (AvgIpc) is 2.29. The lowest BCUT2D eigenvalue weighted by Gasteiger charge is -2.17. The first-order chi connectivity index (χ1) is 8.84. The van der Waals surface area contributed by atoms with Crippen LogP contribution in [0.25, 0.3) is 0 Å². The normalized spacial score (nSPS) is 13.9. The van der Waals surface area contributed by atoms with Crippen molar-refractivity contribution in [3.63, 3.8) is 0 Å². The molecule has 8 nitrogen and oxygen atoms in total. The van der Waals surface area contributed by atoms with Gasteiger partial charge in [0.05, 0.1) is 19.3 Å². The van der Waals surface area contributed by atoms with E-state index in [1.807, 2.05) is 19.0 Å². The largest absolute Gasteiger partial charge is 0.480 e. The van der Waals surface area contributed by atoms with Crippen LogP contribution < -0.4 is 10.6 Å². The van der Waals surface area contributed by atoms with Crippen LogP contribution in [-0.4, -0.2) is 79.7 Å². The summed E-state index contributed by atoms with van der Waals surface area (Å²) < 4.78 is 5.24. The number of hydrogen-bond donors (Lipinski definition) is 4. The zero-order valence-electron chi connectivity index (χ0n) is 11.5. The Balaban J connectivity index is 3.72. The van der Waals surface area contributed by atoms with Crippen LogP contribution >= 0.6 is 0 Å². The number of carbonyl (C=O) groups excluding carboxylic acids is 1. The van der Waals surface area contributed by atoms with Crippen molar-refractivity contribution in [3.05, 3.63) is 0 Å². The van der Waals surface area contributed by atoms with E-state index >= 15 is 0 Å². The molecule has 0 aliphatic carbocycles. The minimum absolute atomic E-state index is 0.269. The highest BCUT2D eigenvalue weighted by Gasteiger charge is 2.24. The highest BCUT2D eigenvalue weighted by molar-refractivity contribution is 5.82. The molecular weight excluding hydrogens is 254 g/mol. The second-order valence-electron chi connectivity index (χ2n) is 4.37. The second kappa shape index (κ2) is 9.54. The Morgan fingerprint density at radius 2 is 1.95 bits per heavy atom. The maximum absolute atomic E-state index is 11.3. The Hall–Kier alpha value is -1.38. The van der Waals surface area contributed by atoms with Crippen molar-refractivity contribution in [1.29, 1.82) is 0 Å². The number of carbonyl (C=O) groups is 2. The van der Waals surface area contributed by atoms with E-state index in [1.165, 1.54) is 6.92 Å². The first-order valence-electron chi connectivity index (χ1n) is 6.02. The molecule has 0 aliphatic rings. The number of nitrogens with one attached hydrogen (secondary N) is 2. The molecule has 0 bridgehead atoms. The molecule has 0 unspecified atom stereocenters. The summed E-state index contributed by atoms with van der Waals surface area (Å²) in [7, 11) is 3.86. The summed E-state index contributed by atoms with van der Waals surface area (Å²) in [6.07, 6.45) is -1.17. The fourth-order valence-corrected chi connectivity index (χ4v) is 1.17. The van der Waals surface area contributed by atoms with Crippen molar-refractivity contribution < 1.29 is 24.5 Å². The van der Waals surface area contributed by atoms with Gasteiger partial charge in [-0.25, -0.2) is 9.59 Å².